The molecule has 1 saturated heterocycles. The topological polar surface area (TPSA) is 72.3 Å². The molecule has 18 heavy (non-hydrogen) atoms. The Morgan fingerprint density at radius 1 is 1.39 bits per heavy atom. The highest BCUT2D eigenvalue weighted by Gasteiger charge is 2.24. The lowest BCUT2D eigenvalue weighted by molar-refractivity contribution is -0.122. The second-order valence-corrected chi connectivity index (χ2v) is 5.68. The third-order valence-electron chi connectivity index (χ3n) is 3.57. The summed E-state index contributed by atoms with van der Waals surface area (Å²) >= 11 is 3.55. The lowest BCUT2D eigenvalue weighted by Gasteiger charge is -2.33. The molecule has 2 rings (SSSR count). The van der Waals surface area contributed by atoms with E-state index in [0.29, 0.717) is 0 Å². The third-order valence-corrected chi connectivity index (χ3v) is 4.21. The van der Waals surface area contributed by atoms with E-state index in [2.05, 4.69) is 26.9 Å². The van der Waals surface area contributed by atoms with Crippen LogP contribution in [0.3, 0.4) is 0 Å². The molecule has 98 valence electrons. The molecule has 1 aliphatic heterocycles. The van der Waals surface area contributed by atoms with E-state index in [9.17, 15) is 4.79 Å². The number of carbonyl (C=O) groups is 1. The summed E-state index contributed by atoms with van der Waals surface area (Å²) < 4.78 is 1.00. The summed E-state index contributed by atoms with van der Waals surface area (Å²) in [6.45, 7) is 3.71. The fraction of sp³-hybridized carbons (Fsp3) is 0.462. The van der Waals surface area contributed by atoms with Crippen molar-refractivity contribution >= 4 is 33.2 Å². The Morgan fingerprint density at radius 2 is 2.00 bits per heavy atom. The summed E-state index contributed by atoms with van der Waals surface area (Å²) in [5, 5.41) is 0. The Kier molecular flexibility index (Phi) is 3.80. The largest absolute Gasteiger partial charge is 0.398 e. The van der Waals surface area contributed by atoms with E-state index in [1.54, 1.807) is 0 Å². The van der Waals surface area contributed by atoms with Crippen molar-refractivity contribution in [2.45, 2.75) is 19.8 Å². The van der Waals surface area contributed by atoms with Crippen molar-refractivity contribution in [3.8, 4) is 0 Å². The second-order valence-electron chi connectivity index (χ2n) is 4.82. The van der Waals surface area contributed by atoms with Gasteiger partial charge in [0, 0.05) is 29.2 Å². The SMILES string of the molecule is Cc1cc(N2CCC(C(N)=O)CC2)c(Br)cc1N. The summed E-state index contributed by atoms with van der Waals surface area (Å²) in [6, 6.07) is 4.02. The highest BCUT2D eigenvalue weighted by atomic mass is 79.9. The predicted molar refractivity (Wildman–Crippen MR) is 77.4 cm³/mol. The average Bonchev–Trinajstić information content (AvgIpc) is 2.34. The first-order valence-corrected chi connectivity index (χ1v) is 6.88. The number of aryl methyl sites for hydroxylation is 1. The van der Waals surface area contributed by atoms with Crippen molar-refractivity contribution in [3.63, 3.8) is 0 Å². The number of hydrogen-bond acceptors (Lipinski definition) is 3. The summed E-state index contributed by atoms with van der Waals surface area (Å²) in [7, 11) is 0. The van der Waals surface area contributed by atoms with Crippen LogP contribution >= 0.6 is 15.9 Å². The number of piperidine rings is 1. The van der Waals surface area contributed by atoms with Gasteiger partial charge in [-0.25, -0.2) is 0 Å². The standard InChI is InChI=1S/C13H18BrN3O/c1-8-6-12(10(14)7-11(8)15)17-4-2-9(3-5-17)13(16)18/h6-7,9H,2-5,15H2,1H3,(H2,16,18). The van der Waals surface area contributed by atoms with Gasteiger partial charge >= 0.3 is 0 Å². The fourth-order valence-corrected chi connectivity index (χ4v) is 2.94. The molecular weight excluding hydrogens is 294 g/mol. The van der Waals surface area contributed by atoms with E-state index < -0.39 is 0 Å². The number of nitrogen functional groups attached to an aromatic ring is 1. The number of anilines is 2. The predicted octanol–water partition coefficient (Wildman–Crippen LogP) is 2.04. The Labute approximate surface area is 115 Å². The molecule has 0 saturated carbocycles. The molecular formula is C13H18BrN3O. The zero-order valence-corrected chi connectivity index (χ0v) is 12.0. The number of carbonyl (C=O) groups excluding carboxylic acids is 1. The Morgan fingerprint density at radius 3 is 2.56 bits per heavy atom. The minimum absolute atomic E-state index is 0.0231. The van der Waals surface area contributed by atoms with Gasteiger partial charge in [-0.1, -0.05) is 0 Å². The van der Waals surface area contributed by atoms with Crippen LogP contribution in [-0.4, -0.2) is 19.0 Å². The van der Waals surface area contributed by atoms with Gasteiger partial charge in [0.1, 0.15) is 0 Å². The molecule has 0 aromatic heterocycles. The first-order valence-electron chi connectivity index (χ1n) is 6.09. The lowest BCUT2D eigenvalue weighted by atomic mass is 9.96. The molecule has 1 heterocycles. The summed E-state index contributed by atoms with van der Waals surface area (Å²) in [6.07, 6.45) is 1.65. The maximum Gasteiger partial charge on any atom is 0.220 e. The van der Waals surface area contributed by atoms with Crippen LogP contribution in [0.15, 0.2) is 16.6 Å². The van der Waals surface area contributed by atoms with E-state index in [1.165, 1.54) is 0 Å². The number of hydrogen-bond donors (Lipinski definition) is 2. The molecule has 0 spiro atoms. The highest BCUT2D eigenvalue weighted by molar-refractivity contribution is 9.10. The van der Waals surface area contributed by atoms with E-state index in [1.807, 2.05) is 13.0 Å². The van der Waals surface area contributed by atoms with Gasteiger partial charge in [0.05, 0.1) is 5.69 Å². The monoisotopic (exact) mass is 311 g/mol. The van der Waals surface area contributed by atoms with Gasteiger partial charge in [0.2, 0.25) is 5.91 Å². The summed E-state index contributed by atoms with van der Waals surface area (Å²) in [5.74, 6) is -0.155. The van der Waals surface area contributed by atoms with E-state index in [0.717, 1.165) is 47.3 Å². The van der Waals surface area contributed by atoms with Crippen molar-refractivity contribution in [1.29, 1.82) is 0 Å². The van der Waals surface area contributed by atoms with Crippen LogP contribution in [0.2, 0.25) is 0 Å². The third kappa shape index (κ3) is 2.61. The van der Waals surface area contributed by atoms with Crippen molar-refractivity contribution in [2.75, 3.05) is 23.7 Å². The molecule has 5 heteroatoms. The van der Waals surface area contributed by atoms with Crippen molar-refractivity contribution in [2.24, 2.45) is 11.7 Å². The Bertz CT molecular complexity index is 468. The molecule has 0 unspecified atom stereocenters. The minimum atomic E-state index is -0.179. The molecule has 1 amide bonds. The molecule has 4 nitrogen and oxygen atoms in total. The van der Waals surface area contributed by atoms with Crippen LogP contribution in [0, 0.1) is 12.8 Å². The average molecular weight is 312 g/mol. The molecule has 0 atom stereocenters. The van der Waals surface area contributed by atoms with Gasteiger partial charge < -0.3 is 16.4 Å². The maximum absolute atomic E-state index is 11.1. The molecule has 1 fully saturated rings. The van der Waals surface area contributed by atoms with Gasteiger partial charge in [0.25, 0.3) is 0 Å². The zero-order chi connectivity index (χ0) is 13.3. The molecule has 1 aromatic carbocycles. The summed E-state index contributed by atoms with van der Waals surface area (Å²) in [5.41, 5.74) is 14.2. The zero-order valence-electron chi connectivity index (χ0n) is 10.4. The van der Waals surface area contributed by atoms with E-state index in [-0.39, 0.29) is 11.8 Å². The highest BCUT2D eigenvalue weighted by Crippen LogP contribution is 2.33. The Hall–Kier alpha value is -1.23. The maximum atomic E-state index is 11.1. The minimum Gasteiger partial charge on any atom is -0.398 e. The number of primary amides is 1. The molecule has 0 radical (unpaired) electrons. The first kappa shape index (κ1) is 13.2. The molecule has 0 bridgehead atoms. The number of rotatable bonds is 2. The van der Waals surface area contributed by atoms with Crippen LogP contribution < -0.4 is 16.4 Å². The van der Waals surface area contributed by atoms with Gasteiger partial charge in [0.15, 0.2) is 0 Å². The molecule has 1 aromatic rings. The molecule has 1 aliphatic rings. The van der Waals surface area contributed by atoms with Crippen molar-refractivity contribution < 1.29 is 4.79 Å². The van der Waals surface area contributed by atoms with Gasteiger partial charge in [-0.2, -0.15) is 0 Å². The fourth-order valence-electron chi connectivity index (χ4n) is 2.33. The van der Waals surface area contributed by atoms with Crippen molar-refractivity contribution in [3.05, 3.63) is 22.2 Å². The van der Waals surface area contributed by atoms with E-state index in [4.69, 9.17) is 11.5 Å². The van der Waals surface area contributed by atoms with E-state index >= 15 is 0 Å². The quantitative estimate of drug-likeness (QED) is 0.821. The molecule has 4 N–H and O–H groups in total. The van der Waals surface area contributed by atoms with Crippen molar-refractivity contribution in [1.82, 2.24) is 0 Å². The van der Waals surface area contributed by atoms with Crippen LogP contribution in [-0.2, 0) is 4.79 Å². The summed E-state index contributed by atoms with van der Waals surface area (Å²) in [4.78, 5) is 13.4. The number of amides is 1. The lowest BCUT2D eigenvalue weighted by Crippen LogP contribution is -2.38. The normalized spacial score (nSPS) is 16.9. The number of halogens is 1. The Balaban J connectivity index is 2.15. The molecule has 0 aliphatic carbocycles. The number of nitrogens with two attached hydrogens (primary N) is 2. The van der Waals surface area contributed by atoms with Crippen LogP contribution in [0.5, 0.6) is 0 Å². The number of nitrogens with zero attached hydrogens (tertiary/aromatic N) is 1. The first-order chi connectivity index (χ1) is 8.49. The van der Waals surface area contributed by atoms with Gasteiger partial charge in [-0.3, -0.25) is 4.79 Å². The van der Waals surface area contributed by atoms with Crippen LogP contribution in [0.1, 0.15) is 18.4 Å². The van der Waals surface area contributed by atoms with Crippen LogP contribution in [0.4, 0.5) is 11.4 Å². The van der Waals surface area contributed by atoms with Gasteiger partial charge in [-0.15, -0.1) is 0 Å². The van der Waals surface area contributed by atoms with Gasteiger partial charge in [-0.05, 0) is 53.4 Å². The second kappa shape index (κ2) is 5.18. The van der Waals surface area contributed by atoms with Crippen LogP contribution in [0.25, 0.3) is 0 Å². The number of benzene rings is 1. The smallest absolute Gasteiger partial charge is 0.220 e.